The number of alkyl halides is 3. The summed E-state index contributed by atoms with van der Waals surface area (Å²) in [4.78, 5) is 0. The zero-order valence-corrected chi connectivity index (χ0v) is 10.1. The minimum atomic E-state index is -4.69. The average molecular weight is 262 g/mol. The van der Waals surface area contributed by atoms with E-state index in [9.17, 15) is 17.6 Å². The van der Waals surface area contributed by atoms with Crippen molar-refractivity contribution in [2.75, 3.05) is 6.61 Å². The standard InChI is InChI=1S/C13H14F4O/c1-7(2)8-5-6-18-10-4-3-9(14)12(11(8)10)13(15,16)17/h3-4,7-8H,5-6H2,1-2H3. The molecule has 0 aliphatic carbocycles. The summed E-state index contributed by atoms with van der Waals surface area (Å²) in [5, 5.41) is 0. The van der Waals surface area contributed by atoms with Crippen molar-refractivity contribution in [2.45, 2.75) is 32.4 Å². The molecule has 1 atom stereocenters. The molecule has 0 bridgehead atoms. The van der Waals surface area contributed by atoms with E-state index in [0.717, 1.165) is 6.07 Å². The molecule has 0 radical (unpaired) electrons. The Hall–Kier alpha value is -1.26. The Kier molecular flexibility index (Phi) is 3.25. The fourth-order valence-electron chi connectivity index (χ4n) is 2.46. The highest BCUT2D eigenvalue weighted by molar-refractivity contribution is 5.46. The fraction of sp³-hybridized carbons (Fsp3) is 0.538. The van der Waals surface area contributed by atoms with Crippen LogP contribution < -0.4 is 4.74 Å². The molecular weight excluding hydrogens is 248 g/mol. The largest absolute Gasteiger partial charge is 0.493 e. The first-order valence-electron chi connectivity index (χ1n) is 5.84. The summed E-state index contributed by atoms with van der Waals surface area (Å²) in [7, 11) is 0. The van der Waals surface area contributed by atoms with Gasteiger partial charge >= 0.3 is 6.18 Å². The molecule has 0 fully saturated rings. The smallest absolute Gasteiger partial charge is 0.419 e. The average Bonchev–Trinajstić information content (AvgIpc) is 2.25. The van der Waals surface area contributed by atoms with Gasteiger partial charge in [0, 0.05) is 5.56 Å². The number of hydrogen-bond donors (Lipinski definition) is 0. The molecule has 18 heavy (non-hydrogen) atoms. The van der Waals surface area contributed by atoms with Gasteiger partial charge in [-0.2, -0.15) is 13.2 Å². The van der Waals surface area contributed by atoms with Gasteiger partial charge in [0.1, 0.15) is 11.6 Å². The van der Waals surface area contributed by atoms with E-state index in [0.29, 0.717) is 13.0 Å². The van der Waals surface area contributed by atoms with Crippen LogP contribution in [0.1, 0.15) is 37.3 Å². The lowest BCUT2D eigenvalue weighted by atomic mass is 9.81. The van der Waals surface area contributed by atoms with Gasteiger partial charge in [0.15, 0.2) is 0 Å². The second-order valence-electron chi connectivity index (χ2n) is 4.82. The zero-order valence-electron chi connectivity index (χ0n) is 10.1. The van der Waals surface area contributed by atoms with Gasteiger partial charge in [-0.25, -0.2) is 4.39 Å². The van der Waals surface area contributed by atoms with Crippen molar-refractivity contribution >= 4 is 0 Å². The van der Waals surface area contributed by atoms with Gasteiger partial charge < -0.3 is 4.74 Å². The number of fused-ring (bicyclic) bond motifs is 1. The normalized spacial score (nSPS) is 19.6. The van der Waals surface area contributed by atoms with E-state index in [1.54, 1.807) is 0 Å². The van der Waals surface area contributed by atoms with Crippen LogP contribution in [0.4, 0.5) is 17.6 Å². The molecular formula is C13H14F4O. The van der Waals surface area contributed by atoms with Crippen molar-refractivity contribution < 1.29 is 22.3 Å². The summed E-state index contributed by atoms with van der Waals surface area (Å²) >= 11 is 0. The molecule has 5 heteroatoms. The topological polar surface area (TPSA) is 9.23 Å². The highest BCUT2D eigenvalue weighted by atomic mass is 19.4. The lowest BCUT2D eigenvalue weighted by Gasteiger charge is -2.31. The minimum absolute atomic E-state index is 0.00977. The maximum Gasteiger partial charge on any atom is 0.419 e. The Bertz CT molecular complexity index is 451. The molecule has 2 rings (SSSR count). The van der Waals surface area contributed by atoms with Gasteiger partial charge in [-0.05, 0) is 30.4 Å². The van der Waals surface area contributed by atoms with Gasteiger partial charge in [-0.1, -0.05) is 13.8 Å². The molecule has 1 nitrogen and oxygen atoms in total. The van der Waals surface area contributed by atoms with Crippen molar-refractivity contribution in [2.24, 2.45) is 5.92 Å². The highest BCUT2D eigenvalue weighted by Crippen LogP contribution is 2.46. The number of rotatable bonds is 1. The van der Waals surface area contributed by atoms with Crippen LogP contribution in [0.5, 0.6) is 5.75 Å². The summed E-state index contributed by atoms with van der Waals surface area (Å²) in [6.07, 6.45) is -4.21. The molecule has 1 aliphatic rings. The SMILES string of the molecule is CC(C)C1CCOc2ccc(F)c(C(F)(F)F)c21. The van der Waals surface area contributed by atoms with E-state index in [-0.39, 0.29) is 23.1 Å². The molecule has 0 amide bonds. The molecule has 1 aromatic carbocycles. The molecule has 0 aromatic heterocycles. The van der Waals surface area contributed by atoms with Crippen LogP contribution in [0.2, 0.25) is 0 Å². The van der Waals surface area contributed by atoms with E-state index < -0.39 is 17.6 Å². The minimum Gasteiger partial charge on any atom is -0.493 e. The van der Waals surface area contributed by atoms with E-state index in [4.69, 9.17) is 4.74 Å². The number of benzene rings is 1. The Balaban J connectivity index is 2.66. The van der Waals surface area contributed by atoms with Crippen LogP contribution >= 0.6 is 0 Å². The quantitative estimate of drug-likeness (QED) is 0.683. The van der Waals surface area contributed by atoms with Crippen LogP contribution in [0.3, 0.4) is 0 Å². The summed E-state index contributed by atoms with van der Waals surface area (Å²) in [5.74, 6) is -1.37. The summed E-state index contributed by atoms with van der Waals surface area (Å²) < 4.78 is 57.7. The molecule has 100 valence electrons. The molecule has 0 spiro atoms. The van der Waals surface area contributed by atoms with Gasteiger partial charge in [0.25, 0.3) is 0 Å². The lowest BCUT2D eigenvalue weighted by Crippen LogP contribution is -2.24. The van der Waals surface area contributed by atoms with Crippen molar-refractivity contribution in [1.82, 2.24) is 0 Å². The first kappa shape index (κ1) is 13.2. The molecule has 1 aliphatic heterocycles. The van der Waals surface area contributed by atoms with Crippen molar-refractivity contribution in [3.8, 4) is 5.75 Å². The zero-order chi connectivity index (χ0) is 13.5. The van der Waals surface area contributed by atoms with E-state index in [1.165, 1.54) is 6.07 Å². The van der Waals surface area contributed by atoms with E-state index in [2.05, 4.69) is 0 Å². The van der Waals surface area contributed by atoms with Crippen molar-refractivity contribution in [3.63, 3.8) is 0 Å². The third-order valence-corrected chi connectivity index (χ3v) is 3.30. The molecule has 0 saturated heterocycles. The molecule has 0 saturated carbocycles. The van der Waals surface area contributed by atoms with Crippen LogP contribution in [-0.2, 0) is 6.18 Å². The highest BCUT2D eigenvalue weighted by Gasteiger charge is 2.41. The molecule has 1 unspecified atom stereocenters. The van der Waals surface area contributed by atoms with Crippen LogP contribution in [0.15, 0.2) is 12.1 Å². The summed E-state index contributed by atoms with van der Waals surface area (Å²) in [5.41, 5.74) is -1.19. The van der Waals surface area contributed by atoms with E-state index >= 15 is 0 Å². The Morgan fingerprint density at radius 1 is 1.28 bits per heavy atom. The van der Waals surface area contributed by atoms with Crippen LogP contribution in [-0.4, -0.2) is 6.61 Å². The second-order valence-corrected chi connectivity index (χ2v) is 4.82. The lowest BCUT2D eigenvalue weighted by molar-refractivity contribution is -0.141. The Morgan fingerprint density at radius 2 is 1.94 bits per heavy atom. The second kappa shape index (κ2) is 4.44. The number of ether oxygens (including phenoxy) is 1. The van der Waals surface area contributed by atoms with Gasteiger partial charge in [-0.15, -0.1) is 0 Å². The van der Waals surface area contributed by atoms with E-state index in [1.807, 2.05) is 13.8 Å². The monoisotopic (exact) mass is 262 g/mol. The maximum absolute atomic E-state index is 13.5. The predicted octanol–water partition coefficient (Wildman–Crippen LogP) is 4.37. The number of halogens is 4. The van der Waals surface area contributed by atoms with Gasteiger partial charge in [0.05, 0.1) is 12.2 Å². The number of hydrogen-bond acceptors (Lipinski definition) is 1. The third-order valence-electron chi connectivity index (χ3n) is 3.30. The van der Waals surface area contributed by atoms with Gasteiger partial charge in [0.2, 0.25) is 0 Å². The molecule has 1 aromatic rings. The van der Waals surface area contributed by atoms with Crippen molar-refractivity contribution in [3.05, 3.63) is 29.1 Å². The predicted molar refractivity (Wildman–Crippen MR) is 59.1 cm³/mol. The molecule has 1 heterocycles. The maximum atomic E-state index is 13.5. The third kappa shape index (κ3) is 2.18. The summed E-state index contributed by atoms with van der Waals surface area (Å²) in [6.45, 7) is 4.05. The summed E-state index contributed by atoms with van der Waals surface area (Å²) in [6, 6.07) is 2.11. The first-order valence-corrected chi connectivity index (χ1v) is 5.84. The van der Waals surface area contributed by atoms with Crippen LogP contribution in [0.25, 0.3) is 0 Å². The first-order chi connectivity index (χ1) is 8.32. The van der Waals surface area contributed by atoms with Crippen molar-refractivity contribution in [1.29, 1.82) is 0 Å². The molecule has 0 N–H and O–H groups in total. The van der Waals surface area contributed by atoms with Crippen LogP contribution in [0, 0.1) is 11.7 Å². The Labute approximate surface area is 103 Å². The fourth-order valence-corrected chi connectivity index (χ4v) is 2.46. The van der Waals surface area contributed by atoms with Gasteiger partial charge in [-0.3, -0.25) is 0 Å². The Morgan fingerprint density at radius 3 is 2.50 bits per heavy atom.